The van der Waals surface area contributed by atoms with Gasteiger partial charge < -0.3 is 9.84 Å². The van der Waals surface area contributed by atoms with Crippen LogP contribution in [0.4, 0.5) is 10.5 Å². The number of ether oxygens (including phenoxy) is 1. The molecule has 0 aliphatic heterocycles. The topological polar surface area (TPSA) is 62.7 Å². The second kappa shape index (κ2) is 7.51. The van der Waals surface area contributed by atoms with Crippen molar-refractivity contribution in [3.8, 4) is 16.9 Å². The van der Waals surface area contributed by atoms with Crippen molar-refractivity contribution in [2.75, 3.05) is 12.0 Å². The van der Waals surface area contributed by atoms with Crippen LogP contribution in [0.5, 0.6) is 5.75 Å². The van der Waals surface area contributed by atoms with Gasteiger partial charge in [-0.2, -0.15) is 0 Å². The van der Waals surface area contributed by atoms with Crippen LogP contribution in [0.1, 0.15) is 20.8 Å². The van der Waals surface area contributed by atoms with Crippen molar-refractivity contribution >= 4 is 55.2 Å². The number of halogens is 3. The van der Waals surface area contributed by atoms with Crippen LogP contribution < -0.4 is 9.64 Å². The Kier molecular flexibility index (Phi) is 6.01. The summed E-state index contributed by atoms with van der Waals surface area (Å²) in [4.78, 5) is 17.3. The molecule has 0 unspecified atom stereocenters. The highest BCUT2D eigenvalue weighted by Crippen LogP contribution is 2.44. The number of amides is 1. The van der Waals surface area contributed by atoms with E-state index in [9.17, 15) is 9.90 Å². The zero-order valence-corrected chi connectivity index (χ0v) is 18.0. The minimum absolute atomic E-state index is 0.345. The number of aromatic nitrogens is 1. The lowest BCUT2D eigenvalue weighted by atomic mass is 10.00. The van der Waals surface area contributed by atoms with Crippen LogP contribution in [-0.2, 0) is 0 Å². The van der Waals surface area contributed by atoms with Gasteiger partial charge in [-0.25, -0.2) is 4.79 Å². The van der Waals surface area contributed by atoms with Gasteiger partial charge in [0.1, 0.15) is 5.75 Å². The number of carbonyl (C=O) groups is 1. The van der Waals surface area contributed by atoms with Gasteiger partial charge in [0.2, 0.25) is 0 Å². The van der Waals surface area contributed by atoms with Crippen LogP contribution in [0.15, 0.2) is 33.5 Å². The van der Waals surface area contributed by atoms with Crippen molar-refractivity contribution in [3.05, 3.63) is 38.5 Å². The molecule has 0 bridgehead atoms. The molecule has 1 aromatic heterocycles. The van der Waals surface area contributed by atoms with Crippen LogP contribution in [0.25, 0.3) is 11.1 Å². The molecule has 1 aromatic carbocycles. The summed E-state index contributed by atoms with van der Waals surface area (Å²) in [6.45, 7) is 5.43. The molecule has 0 aliphatic carbocycles. The molecule has 0 saturated heterocycles. The summed E-state index contributed by atoms with van der Waals surface area (Å²) in [6, 6.07) is 3.62. The third-order valence-corrected chi connectivity index (χ3v) is 5.06. The quantitative estimate of drug-likeness (QED) is 0.553. The molecule has 1 heterocycles. The standard InChI is InChI=1S/C17H17Br2ClN2O3/c1-17(2,3)22(16(23)24)13-8-21-7-12(20)15(13)9-5-14(25-4)11(19)6-10(9)18/h5-8H,1-4H3,(H,23,24). The Morgan fingerprint density at radius 2 is 1.88 bits per heavy atom. The number of pyridine rings is 1. The average molecular weight is 493 g/mol. The minimum Gasteiger partial charge on any atom is -0.496 e. The zero-order chi connectivity index (χ0) is 18.9. The molecule has 0 radical (unpaired) electrons. The second-order valence-corrected chi connectivity index (χ2v) is 8.39. The molecule has 0 aliphatic rings. The molecule has 2 rings (SSSR count). The van der Waals surface area contributed by atoms with Gasteiger partial charge in [0.25, 0.3) is 0 Å². The van der Waals surface area contributed by atoms with Gasteiger partial charge in [-0.15, -0.1) is 0 Å². The minimum atomic E-state index is -1.09. The van der Waals surface area contributed by atoms with Gasteiger partial charge in [-0.3, -0.25) is 9.88 Å². The second-order valence-electron chi connectivity index (χ2n) is 6.27. The van der Waals surface area contributed by atoms with Gasteiger partial charge in [0.15, 0.2) is 0 Å². The lowest BCUT2D eigenvalue weighted by Gasteiger charge is -2.34. The maximum atomic E-state index is 11.9. The lowest BCUT2D eigenvalue weighted by molar-refractivity contribution is 0.195. The van der Waals surface area contributed by atoms with Crippen LogP contribution >= 0.6 is 43.5 Å². The number of methoxy groups -OCH3 is 1. The van der Waals surface area contributed by atoms with Crippen LogP contribution in [0, 0.1) is 0 Å². The Morgan fingerprint density at radius 1 is 1.24 bits per heavy atom. The predicted molar refractivity (Wildman–Crippen MR) is 107 cm³/mol. The number of rotatable bonds is 3. The van der Waals surface area contributed by atoms with Crippen molar-refractivity contribution < 1.29 is 14.6 Å². The molecular weight excluding hydrogens is 475 g/mol. The highest BCUT2D eigenvalue weighted by molar-refractivity contribution is 9.11. The number of benzene rings is 1. The lowest BCUT2D eigenvalue weighted by Crippen LogP contribution is -2.45. The first kappa shape index (κ1) is 20.0. The van der Waals surface area contributed by atoms with E-state index >= 15 is 0 Å². The summed E-state index contributed by atoms with van der Waals surface area (Å²) in [5.74, 6) is 0.606. The number of carboxylic acid groups (broad SMARTS) is 1. The van der Waals surface area contributed by atoms with E-state index in [4.69, 9.17) is 16.3 Å². The van der Waals surface area contributed by atoms with Gasteiger partial charge in [-0.1, -0.05) is 27.5 Å². The third-order valence-electron chi connectivity index (χ3n) is 3.49. The van der Waals surface area contributed by atoms with E-state index in [2.05, 4.69) is 36.8 Å². The Hall–Kier alpha value is -1.31. The molecule has 134 valence electrons. The Morgan fingerprint density at radius 3 is 2.40 bits per heavy atom. The molecule has 0 spiro atoms. The van der Waals surface area contributed by atoms with E-state index < -0.39 is 11.6 Å². The van der Waals surface area contributed by atoms with E-state index in [1.807, 2.05) is 26.8 Å². The van der Waals surface area contributed by atoms with Crippen molar-refractivity contribution in [2.24, 2.45) is 0 Å². The summed E-state index contributed by atoms with van der Waals surface area (Å²) in [5, 5.41) is 10.1. The Labute approximate surface area is 168 Å². The van der Waals surface area contributed by atoms with E-state index in [-0.39, 0.29) is 0 Å². The predicted octanol–water partition coefficient (Wildman–Crippen LogP) is 6.22. The zero-order valence-electron chi connectivity index (χ0n) is 14.1. The SMILES string of the molecule is COc1cc(-c2c(Cl)cncc2N(C(=O)O)C(C)(C)C)c(Br)cc1Br. The van der Waals surface area contributed by atoms with Crippen LogP contribution in [0.3, 0.4) is 0 Å². The van der Waals surface area contributed by atoms with Crippen LogP contribution in [0.2, 0.25) is 5.02 Å². The molecule has 1 amide bonds. The average Bonchev–Trinajstić information content (AvgIpc) is 2.47. The molecule has 2 aromatic rings. The first-order valence-electron chi connectivity index (χ1n) is 7.28. The largest absolute Gasteiger partial charge is 0.496 e. The third kappa shape index (κ3) is 4.10. The van der Waals surface area contributed by atoms with Gasteiger partial charge in [0, 0.05) is 27.3 Å². The monoisotopic (exact) mass is 490 g/mol. The van der Waals surface area contributed by atoms with Crippen molar-refractivity contribution in [1.29, 1.82) is 0 Å². The smallest absolute Gasteiger partial charge is 0.412 e. The van der Waals surface area contributed by atoms with Crippen molar-refractivity contribution in [1.82, 2.24) is 4.98 Å². The summed E-state index contributed by atoms with van der Waals surface area (Å²) in [6.07, 6.45) is 1.91. The molecule has 8 heteroatoms. The van der Waals surface area contributed by atoms with Crippen LogP contribution in [-0.4, -0.2) is 28.8 Å². The fourth-order valence-corrected chi connectivity index (χ4v) is 4.10. The van der Waals surface area contributed by atoms with Gasteiger partial charge in [0.05, 0.1) is 28.5 Å². The maximum Gasteiger partial charge on any atom is 0.412 e. The van der Waals surface area contributed by atoms with Crippen molar-refractivity contribution in [3.63, 3.8) is 0 Å². The molecule has 0 saturated carbocycles. The first-order chi connectivity index (χ1) is 11.6. The molecule has 0 atom stereocenters. The normalized spacial score (nSPS) is 11.3. The van der Waals surface area contributed by atoms with E-state index in [1.54, 1.807) is 13.2 Å². The Balaban J connectivity index is 2.82. The number of nitrogens with zero attached hydrogens (tertiary/aromatic N) is 2. The fourth-order valence-electron chi connectivity index (χ4n) is 2.49. The summed E-state index contributed by atoms with van der Waals surface area (Å²) >= 11 is 13.4. The van der Waals surface area contributed by atoms with Gasteiger partial charge in [-0.05, 0) is 48.8 Å². The molecule has 1 N–H and O–H groups in total. The number of anilines is 1. The molecule has 25 heavy (non-hydrogen) atoms. The van der Waals surface area contributed by atoms with Crippen molar-refractivity contribution in [2.45, 2.75) is 26.3 Å². The van der Waals surface area contributed by atoms with E-state index in [1.165, 1.54) is 17.3 Å². The fraction of sp³-hybridized carbons (Fsp3) is 0.294. The van der Waals surface area contributed by atoms with E-state index in [0.717, 1.165) is 8.95 Å². The summed E-state index contributed by atoms with van der Waals surface area (Å²) in [7, 11) is 1.56. The van der Waals surface area contributed by atoms with Gasteiger partial charge >= 0.3 is 6.09 Å². The molecule has 0 fully saturated rings. The molecule has 5 nitrogen and oxygen atoms in total. The maximum absolute atomic E-state index is 11.9. The summed E-state index contributed by atoms with van der Waals surface area (Å²) < 4.78 is 6.87. The highest BCUT2D eigenvalue weighted by Gasteiger charge is 2.31. The van der Waals surface area contributed by atoms with E-state index in [0.29, 0.717) is 27.6 Å². The first-order valence-corrected chi connectivity index (χ1v) is 9.24. The highest BCUT2D eigenvalue weighted by atomic mass is 79.9. The number of hydrogen-bond acceptors (Lipinski definition) is 3. The Bertz CT molecular complexity index is 822. The summed E-state index contributed by atoms with van der Waals surface area (Å²) in [5.41, 5.74) is 0.987. The molecular formula is C17H17Br2ClN2O3. The number of hydrogen-bond donors (Lipinski definition) is 1.